The molecule has 3 nitrogen and oxygen atoms in total. The third-order valence-corrected chi connectivity index (χ3v) is 2.70. The van der Waals surface area contributed by atoms with E-state index >= 15 is 0 Å². The molecule has 1 rings (SSSR count). The van der Waals surface area contributed by atoms with E-state index in [-0.39, 0.29) is 16.3 Å². The zero-order valence-corrected chi connectivity index (χ0v) is 10.8. The van der Waals surface area contributed by atoms with E-state index in [1.807, 2.05) is 13.8 Å². The van der Waals surface area contributed by atoms with Gasteiger partial charge in [-0.2, -0.15) is 0 Å². The van der Waals surface area contributed by atoms with E-state index in [1.54, 1.807) is 0 Å². The highest BCUT2D eigenvalue weighted by molar-refractivity contribution is 6.30. The Hall–Kier alpha value is -1.29. The summed E-state index contributed by atoms with van der Waals surface area (Å²) in [5, 5.41) is 0.204. The van der Waals surface area contributed by atoms with Gasteiger partial charge in [-0.1, -0.05) is 11.6 Å². The first-order valence-electron chi connectivity index (χ1n) is 5.42. The first-order chi connectivity index (χ1) is 7.99. The molecule has 0 N–H and O–H groups in total. The highest BCUT2D eigenvalue weighted by atomic mass is 35.5. The zero-order valence-electron chi connectivity index (χ0n) is 10.1. The van der Waals surface area contributed by atoms with Gasteiger partial charge in [0.15, 0.2) is 0 Å². The predicted molar refractivity (Wildman–Crippen MR) is 65.1 cm³/mol. The van der Waals surface area contributed by atoms with Gasteiger partial charge in [-0.05, 0) is 26.8 Å². The number of hydrogen-bond acceptors (Lipinski definition) is 2. The fraction of sp³-hybridized carbons (Fsp3) is 0.417. The number of benzene rings is 1. The van der Waals surface area contributed by atoms with Crippen LogP contribution in [0.3, 0.4) is 0 Å². The van der Waals surface area contributed by atoms with Crippen molar-refractivity contribution in [3.05, 3.63) is 28.5 Å². The van der Waals surface area contributed by atoms with E-state index in [1.165, 1.54) is 24.0 Å². The van der Waals surface area contributed by atoms with E-state index in [4.69, 9.17) is 16.3 Å². The quantitative estimate of drug-likeness (QED) is 0.830. The summed E-state index contributed by atoms with van der Waals surface area (Å²) in [5.74, 6) is -0.327. The van der Waals surface area contributed by atoms with Gasteiger partial charge in [-0.3, -0.25) is 0 Å². The first-order valence-corrected chi connectivity index (χ1v) is 5.79. The van der Waals surface area contributed by atoms with Crippen LogP contribution in [0.5, 0.6) is 5.75 Å². The minimum Gasteiger partial charge on any atom is -0.410 e. The number of rotatable bonds is 3. The van der Waals surface area contributed by atoms with Crippen LogP contribution in [-0.2, 0) is 0 Å². The van der Waals surface area contributed by atoms with E-state index in [0.717, 1.165) is 0 Å². The summed E-state index contributed by atoms with van der Waals surface area (Å²) in [7, 11) is 0. The SMILES string of the molecule is CCN(CC)C(=O)Oc1cc(Cl)cc(F)c1C. The van der Waals surface area contributed by atoms with E-state index in [2.05, 4.69) is 0 Å². The van der Waals surface area contributed by atoms with Crippen LogP contribution < -0.4 is 4.74 Å². The Kier molecular flexibility index (Phi) is 4.75. The van der Waals surface area contributed by atoms with Crippen molar-refractivity contribution >= 4 is 17.7 Å². The number of nitrogens with zero attached hydrogens (tertiary/aromatic N) is 1. The molecule has 17 heavy (non-hydrogen) atoms. The topological polar surface area (TPSA) is 29.5 Å². The molecule has 0 aliphatic heterocycles. The Balaban J connectivity index is 2.92. The maximum Gasteiger partial charge on any atom is 0.415 e. The minimum atomic E-state index is -0.500. The van der Waals surface area contributed by atoms with Gasteiger partial charge < -0.3 is 9.64 Å². The normalized spacial score (nSPS) is 10.2. The number of hydrogen-bond donors (Lipinski definition) is 0. The standard InChI is InChI=1S/C12H15ClFNO2/c1-4-15(5-2)12(16)17-11-7-9(13)6-10(14)8(11)3/h6-7H,4-5H2,1-3H3. The molecule has 0 atom stereocenters. The van der Waals surface area contributed by atoms with Crippen molar-refractivity contribution in [1.82, 2.24) is 4.90 Å². The summed E-state index contributed by atoms with van der Waals surface area (Å²) < 4.78 is 18.5. The van der Waals surface area contributed by atoms with Gasteiger partial charge in [-0.15, -0.1) is 0 Å². The second kappa shape index (κ2) is 5.87. The highest BCUT2D eigenvalue weighted by Gasteiger charge is 2.15. The summed E-state index contributed by atoms with van der Waals surface area (Å²) in [4.78, 5) is 13.2. The lowest BCUT2D eigenvalue weighted by molar-refractivity contribution is 0.157. The molecular weight excluding hydrogens is 245 g/mol. The van der Waals surface area contributed by atoms with Crippen LogP contribution in [0.2, 0.25) is 5.02 Å². The van der Waals surface area contributed by atoms with Gasteiger partial charge in [0.05, 0.1) is 0 Å². The molecule has 0 fully saturated rings. The Morgan fingerprint density at radius 1 is 1.41 bits per heavy atom. The molecule has 0 aliphatic rings. The van der Waals surface area contributed by atoms with Crippen molar-refractivity contribution < 1.29 is 13.9 Å². The van der Waals surface area contributed by atoms with Gasteiger partial charge in [0.1, 0.15) is 11.6 Å². The zero-order chi connectivity index (χ0) is 13.0. The maximum atomic E-state index is 13.4. The average molecular weight is 260 g/mol. The molecule has 1 aromatic rings. The monoisotopic (exact) mass is 259 g/mol. The van der Waals surface area contributed by atoms with Gasteiger partial charge in [0.25, 0.3) is 0 Å². The number of halogens is 2. The fourth-order valence-corrected chi connectivity index (χ4v) is 1.56. The summed E-state index contributed by atoms with van der Waals surface area (Å²) in [6.45, 7) is 6.30. The Morgan fingerprint density at radius 2 is 2.00 bits per heavy atom. The number of amides is 1. The lowest BCUT2D eigenvalue weighted by atomic mass is 10.2. The molecule has 94 valence electrons. The van der Waals surface area contributed by atoms with E-state index < -0.39 is 11.9 Å². The number of carbonyl (C=O) groups is 1. The van der Waals surface area contributed by atoms with Crippen molar-refractivity contribution in [3.8, 4) is 5.75 Å². The highest BCUT2D eigenvalue weighted by Crippen LogP contribution is 2.26. The average Bonchev–Trinajstić information content (AvgIpc) is 2.27. The van der Waals surface area contributed by atoms with E-state index in [9.17, 15) is 9.18 Å². The van der Waals surface area contributed by atoms with Crippen molar-refractivity contribution in [2.45, 2.75) is 20.8 Å². The molecule has 0 heterocycles. The number of carbonyl (C=O) groups excluding carboxylic acids is 1. The van der Waals surface area contributed by atoms with E-state index in [0.29, 0.717) is 13.1 Å². The van der Waals surface area contributed by atoms with Gasteiger partial charge in [0, 0.05) is 29.7 Å². The molecule has 0 saturated carbocycles. The smallest absolute Gasteiger partial charge is 0.410 e. The Morgan fingerprint density at radius 3 is 2.53 bits per heavy atom. The first kappa shape index (κ1) is 13.8. The van der Waals surface area contributed by atoms with Crippen molar-refractivity contribution in [3.63, 3.8) is 0 Å². The van der Waals surface area contributed by atoms with Crippen LogP contribution in [0.25, 0.3) is 0 Å². The van der Waals surface area contributed by atoms with Gasteiger partial charge in [-0.25, -0.2) is 9.18 Å². The van der Waals surface area contributed by atoms with Crippen LogP contribution >= 0.6 is 11.6 Å². The molecule has 0 spiro atoms. The molecule has 0 radical (unpaired) electrons. The third kappa shape index (κ3) is 3.33. The van der Waals surface area contributed by atoms with Crippen molar-refractivity contribution in [2.75, 3.05) is 13.1 Å². The minimum absolute atomic E-state index is 0.159. The summed E-state index contributed by atoms with van der Waals surface area (Å²) in [6, 6.07) is 2.62. The van der Waals surface area contributed by atoms with Gasteiger partial charge in [0.2, 0.25) is 0 Å². The lowest BCUT2D eigenvalue weighted by Gasteiger charge is -2.18. The molecule has 1 amide bonds. The van der Waals surface area contributed by atoms with Crippen LogP contribution in [0.15, 0.2) is 12.1 Å². The van der Waals surface area contributed by atoms with Crippen LogP contribution in [-0.4, -0.2) is 24.1 Å². The molecule has 0 aromatic heterocycles. The van der Waals surface area contributed by atoms with Gasteiger partial charge >= 0.3 is 6.09 Å². The molecule has 5 heteroatoms. The molecule has 0 saturated heterocycles. The molecular formula is C12H15ClFNO2. The molecule has 0 unspecified atom stereocenters. The molecule has 0 bridgehead atoms. The second-order valence-electron chi connectivity index (χ2n) is 3.55. The van der Waals surface area contributed by atoms with Crippen molar-refractivity contribution in [1.29, 1.82) is 0 Å². The third-order valence-electron chi connectivity index (χ3n) is 2.48. The Bertz CT molecular complexity index is 419. The van der Waals surface area contributed by atoms with Crippen LogP contribution in [0.1, 0.15) is 19.4 Å². The maximum absolute atomic E-state index is 13.4. The molecule has 0 aliphatic carbocycles. The summed E-state index contributed by atoms with van der Waals surface area (Å²) in [5.41, 5.74) is 0.273. The largest absolute Gasteiger partial charge is 0.415 e. The fourth-order valence-electron chi connectivity index (χ4n) is 1.37. The van der Waals surface area contributed by atoms with Crippen LogP contribution in [0.4, 0.5) is 9.18 Å². The Labute approximate surface area is 105 Å². The molecule has 1 aromatic carbocycles. The lowest BCUT2D eigenvalue weighted by Crippen LogP contribution is -2.33. The number of ether oxygens (including phenoxy) is 1. The van der Waals surface area contributed by atoms with Crippen LogP contribution in [0, 0.1) is 12.7 Å². The van der Waals surface area contributed by atoms with Crippen molar-refractivity contribution in [2.24, 2.45) is 0 Å². The predicted octanol–water partition coefficient (Wildman–Crippen LogP) is 3.63. The summed E-state index contributed by atoms with van der Waals surface area (Å²) >= 11 is 5.71. The summed E-state index contributed by atoms with van der Waals surface area (Å²) in [6.07, 6.45) is -0.500. The second-order valence-corrected chi connectivity index (χ2v) is 3.99.